The van der Waals surface area contributed by atoms with Gasteiger partial charge in [0.05, 0.1) is 13.2 Å². The second-order valence-electron chi connectivity index (χ2n) is 8.89. The van der Waals surface area contributed by atoms with E-state index in [1.54, 1.807) is 0 Å². The number of hydrogen-bond acceptors (Lipinski definition) is 6. The SMILES string of the molecule is CC(C)Cc1nc(CN2CC3CN(Cc4ccc(F)cc4)CC3(CO)C2)no1. The van der Waals surface area contributed by atoms with Crippen LogP contribution in [0.15, 0.2) is 28.8 Å². The summed E-state index contributed by atoms with van der Waals surface area (Å²) in [6, 6.07) is 6.70. The van der Waals surface area contributed by atoms with Crippen LogP contribution in [-0.2, 0) is 19.5 Å². The number of aliphatic hydroxyl groups is 1. The molecule has 0 amide bonds. The lowest BCUT2D eigenvalue weighted by molar-refractivity contribution is 0.110. The Balaban J connectivity index is 1.35. The molecule has 28 heavy (non-hydrogen) atoms. The van der Waals surface area contributed by atoms with E-state index >= 15 is 0 Å². The van der Waals surface area contributed by atoms with Crippen LogP contribution in [0.3, 0.4) is 0 Å². The molecule has 0 bridgehead atoms. The Bertz CT molecular complexity index is 794. The van der Waals surface area contributed by atoms with Crippen molar-refractivity contribution in [1.82, 2.24) is 19.9 Å². The number of nitrogens with zero attached hydrogens (tertiary/aromatic N) is 4. The van der Waals surface area contributed by atoms with Gasteiger partial charge in [0.25, 0.3) is 0 Å². The molecular formula is C21H29FN4O2. The van der Waals surface area contributed by atoms with Crippen molar-refractivity contribution in [3.63, 3.8) is 0 Å². The summed E-state index contributed by atoms with van der Waals surface area (Å²) < 4.78 is 18.5. The highest BCUT2D eigenvalue weighted by molar-refractivity contribution is 5.17. The van der Waals surface area contributed by atoms with Crippen LogP contribution >= 0.6 is 0 Å². The molecule has 3 heterocycles. The predicted molar refractivity (Wildman–Crippen MR) is 103 cm³/mol. The second-order valence-corrected chi connectivity index (χ2v) is 8.89. The van der Waals surface area contributed by atoms with E-state index in [0.29, 0.717) is 24.3 Å². The Morgan fingerprint density at radius 1 is 1.18 bits per heavy atom. The van der Waals surface area contributed by atoms with Gasteiger partial charge in [0, 0.05) is 44.6 Å². The first kappa shape index (κ1) is 19.5. The minimum Gasteiger partial charge on any atom is -0.396 e. The monoisotopic (exact) mass is 388 g/mol. The van der Waals surface area contributed by atoms with Crippen molar-refractivity contribution in [1.29, 1.82) is 0 Å². The summed E-state index contributed by atoms with van der Waals surface area (Å²) >= 11 is 0. The fourth-order valence-electron chi connectivity index (χ4n) is 4.70. The van der Waals surface area contributed by atoms with Crippen molar-refractivity contribution in [2.45, 2.75) is 33.4 Å². The molecule has 0 spiro atoms. The van der Waals surface area contributed by atoms with Crippen LogP contribution in [0.1, 0.15) is 31.1 Å². The second kappa shape index (κ2) is 7.89. The average molecular weight is 388 g/mol. The molecule has 2 fully saturated rings. The third kappa shape index (κ3) is 4.11. The topological polar surface area (TPSA) is 65.6 Å². The molecule has 6 nitrogen and oxygen atoms in total. The van der Waals surface area contributed by atoms with Gasteiger partial charge in [0.15, 0.2) is 5.82 Å². The number of hydrogen-bond donors (Lipinski definition) is 1. The van der Waals surface area contributed by atoms with Gasteiger partial charge in [-0.2, -0.15) is 4.98 Å². The molecule has 2 unspecified atom stereocenters. The van der Waals surface area contributed by atoms with Gasteiger partial charge in [0.1, 0.15) is 5.82 Å². The molecular weight excluding hydrogens is 359 g/mol. The highest BCUT2D eigenvalue weighted by Gasteiger charge is 2.51. The smallest absolute Gasteiger partial charge is 0.226 e. The highest BCUT2D eigenvalue weighted by atomic mass is 19.1. The van der Waals surface area contributed by atoms with Gasteiger partial charge < -0.3 is 9.63 Å². The molecule has 1 N–H and O–H groups in total. The normalized spacial score (nSPS) is 25.7. The van der Waals surface area contributed by atoms with Crippen LogP contribution in [0.25, 0.3) is 0 Å². The summed E-state index contributed by atoms with van der Waals surface area (Å²) in [6.45, 7) is 9.46. The minimum atomic E-state index is -0.206. The zero-order chi connectivity index (χ0) is 19.7. The third-order valence-electron chi connectivity index (χ3n) is 5.99. The maximum atomic E-state index is 13.1. The zero-order valence-corrected chi connectivity index (χ0v) is 16.6. The molecule has 2 aromatic rings. The van der Waals surface area contributed by atoms with E-state index in [1.807, 2.05) is 12.1 Å². The molecule has 4 rings (SSSR count). The van der Waals surface area contributed by atoms with Crippen LogP contribution < -0.4 is 0 Å². The van der Waals surface area contributed by atoms with Crippen LogP contribution in [0, 0.1) is 23.1 Å². The summed E-state index contributed by atoms with van der Waals surface area (Å²) in [4.78, 5) is 9.22. The predicted octanol–water partition coefficient (Wildman–Crippen LogP) is 2.33. The van der Waals surface area contributed by atoms with E-state index in [-0.39, 0.29) is 17.8 Å². The molecule has 7 heteroatoms. The molecule has 2 saturated heterocycles. The largest absolute Gasteiger partial charge is 0.396 e. The van der Waals surface area contributed by atoms with E-state index < -0.39 is 0 Å². The fraction of sp³-hybridized carbons (Fsp3) is 0.619. The molecule has 1 aromatic carbocycles. The molecule has 0 radical (unpaired) electrons. The van der Waals surface area contributed by atoms with Gasteiger partial charge in [-0.1, -0.05) is 31.1 Å². The fourth-order valence-corrected chi connectivity index (χ4v) is 4.70. The maximum absolute atomic E-state index is 13.1. The quantitative estimate of drug-likeness (QED) is 0.785. The number of aromatic nitrogens is 2. The number of halogens is 1. The number of fused-ring (bicyclic) bond motifs is 1. The number of benzene rings is 1. The molecule has 2 aliphatic heterocycles. The Hall–Kier alpha value is -1.83. The molecule has 0 aliphatic carbocycles. The van der Waals surface area contributed by atoms with Crippen molar-refractivity contribution < 1.29 is 14.0 Å². The first-order valence-electron chi connectivity index (χ1n) is 10.1. The Labute approximate surface area is 165 Å². The minimum absolute atomic E-state index is 0.107. The van der Waals surface area contributed by atoms with E-state index in [0.717, 1.165) is 50.5 Å². The lowest BCUT2D eigenvalue weighted by Crippen LogP contribution is -2.37. The van der Waals surface area contributed by atoms with Crippen LogP contribution in [0.2, 0.25) is 0 Å². The molecule has 2 atom stereocenters. The van der Waals surface area contributed by atoms with Crippen molar-refractivity contribution in [3.05, 3.63) is 47.4 Å². The molecule has 152 valence electrons. The highest BCUT2D eigenvalue weighted by Crippen LogP contribution is 2.42. The van der Waals surface area contributed by atoms with Gasteiger partial charge in [-0.3, -0.25) is 9.80 Å². The summed E-state index contributed by atoms with van der Waals surface area (Å²) in [6.07, 6.45) is 0.800. The van der Waals surface area contributed by atoms with E-state index in [2.05, 4.69) is 33.8 Å². The lowest BCUT2D eigenvalue weighted by atomic mass is 9.82. The van der Waals surface area contributed by atoms with Crippen molar-refractivity contribution >= 4 is 0 Å². The van der Waals surface area contributed by atoms with Crippen LogP contribution in [0.4, 0.5) is 4.39 Å². The Morgan fingerprint density at radius 2 is 1.86 bits per heavy atom. The third-order valence-corrected chi connectivity index (χ3v) is 5.99. The maximum Gasteiger partial charge on any atom is 0.226 e. The van der Waals surface area contributed by atoms with Gasteiger partial charge >= 0.3 is 0 Å². The Kier molecular flexibility index (Phi) is 5.49. The zero-order valence-electron chi connectivity index (χ0n) is 16.6. The van der Waals surface area contributed by atoms with E-state index in [9.17, 15) is 9.50 Å². The standard InChI is InChI=1S/C21H29FN4O2/c1-15(2)7-20-23-19(24-28-20)11-26-10-17-9-25(12-21(17,13-26)14-27)8-16-3-5-18(22)6-4-16/h3-6,15,17,27H,7-14H2,1-2H3. The summed E-state index contributed by atoms with van der Waals surface area (Å²) in [7, 11) is 0. The molecule has 0 saturated carbocycles. The van der Waals surface area contributed by atoms with Crippen molar-refractivity contribution in [2.24, 2.45) is 17.3 Å². The van der Waals surface area contributed by atoms with Gasteiger partial charge in [-0.25, -0.2) is 4.39 Å². The summed E-state index contributed by atoms with van der Waals surface area (Å²) in [5.41, 5.74) is 1.00. The van der Waals surface area contributed by atoms with Gasteiger partial charge in [-0.05, 0) is 29.5 Å². The first-order chi connectivity index (χ1) is 13.5. The molecule has 1 aromatic heterocycles. The summed E-state index contributed by atoms with van der Waals surface area (Å²) in [5.74, 6) is 2.13. The van der Waals surface area contributed by atoms with Crippen LogP contribution in [0.5, 0.6) is 0 Å². The van der Waals surface area contributed by atoms with Gasteiger partial charge in [-0.15, -0.1) is 0 Å². The van der Waals surface area contributed by atoms with E-state index in [4.69, 9.17) is 4.52 Å². The van der Waals surface area contributed by atoms with Crippen LogP contribution in [-0.4, -0.2) is 57.8 Å². The number of likely N-dealkylation sites (tertiary alicyclic amines) is 2. The average Bonchev–Trinajstić information content (AvgIpc) is 3.29. The number of aliphatic hydroxyl groups excluding tert-OH is 1. The van der Waals surface area contributed by atoms with E-state index in [1.165, 1.54) is 12.1 Å². The van der Waals surface area contributed by atoms with Crippen molar-refractivity contribution in [2.75, 3.05) is 32.8 Å². The Morgan fingerprint density at radius 3 is 2.46 bits per heavy atom. The van der Waals surface area contributed by atoms with Gasteiger partial charge in [0.2, 0.25) is 5.89 Å². The molecule has 2 aliphatic rings. The summed E-state index contributed by atoms with van der Waals surface area (Å²) in [5, 5.41) is 14.3. The lowest BCUT2D eigenvalue weighted by Gasteiger charge is -2.27. The van der Waals surface area contributed by atoms with Crippen molar-refractivity contribution in [3.8, 4) is 0 Å². The number of rotatable bonds is 7. The first-order valence-corrected chi connectivity index (χ1v) is 10.1.